The van der Waals surface area contributed by atoms with Gasteiger partial charge in [0.25, 0.3) is 0 Å². The van der Waals surface area contributed by atoms with Crippen molar-refractivity contribution in [1.82, 2.24) is 0 Å². The summed E-state index contributed by atoms with van der Waals surface area (Å²) in [7, 11) is 0. The number of rotatable bonds is 5. The van der Waals surface area contributed by atoms with Gasteiger partial charge in [-0.15, -0.1) is 0 Å². The summed E-state index contributed by atoms with van der Waals surface area (Å²) >= 11 is 0. The molecule has 5 heteroatoms. The summed E-state index contributed by atoms with van der Waals surface area (Å²) in [5.74, 6) is 1.49. The molecule has 2 aromatic carbocycles. The summed E-state index contributed by atoms with van der Waals surface area (Å²) in [6.07, 6.45) is 0.222. The molecule has 0 aromatic heterocycles. The largest absolute Gasteiger partial charge is 0.493 e. The molecule has 3 rings (SSSR count). The Morgan fingerprint density at radius 1 is 1.10 bits per heavy atom. The molecule has 2 aromatic rings. The third-order valence-electron chi connectivity index (χ3n) is 3.11. The van der Waals surface area contributed by atoms with Crippen LogP contribution in [0.2, 0.25) is 0 Å². The van der Waals surface area contributed by atoms with Crippen LogP contribution in [-0.2, 0) is 0 Å². The van der Waals surface area contributed by atoms with Crippen molar-refractivity contribution in [2.45, 2.75) is 6.42 Å². The van der Waals surface area contributed by atoms with E-state index in [9.17, 15) is 9.18 Å². The fraction of sp³-hybridized carbons (Fsp3) is 0.188. The molecular formula is C16H13FO4. The molecule has 1 heterocycles. The number of ketones is 1. The monoisotopic (exact) mass is 288 g/mol. The molecule has 0 radical (unpaired) electrons. The van der Waals surface area contributed by atoms with Gasteiger partial charge in [0.15, 0.2) is 17.3 Å². The average molecular weight is 288 g/mol. The number of carbonyl (C=O) groups excluding carboxylic acids is 1. The molecule has 0 spiro atoms. The number of halogens is 1. The summed E-state index contributed by atoms with van der Waals surface area (Å²) in [4.78, 5) is 11.9. The van der Waals surface area contributed by atoms with Gasteiger partial charge in [0.05, 0.1) is 6.61 Å². The number of carbonyl (C=O) groups is 1. The van der Waals surface area contributed by atoms with Crippen molar-refractivity contribution in [3.63, 3.8) is 0 Å². The fourth-order valence-corrected chi connectivity index (χ4v) is 2.01. The molecule has 0 aliphatic carbocycles. The van der Waals surface area contributed by atoms with E-state index < -0.39 is 0 Å². The van der Waals surface area contributed by atoms with Crippen LogP contribution in [0.5, 0.6) is 17.2 Å². The summed E-state index contributed by atoms with van der Waals surface area (Å²) in [5.41, 5.74) is 0.477. The average Bonchev–Trinajstić information content (AvgIpc) is 2.95. The lowest BCUT2D eigenvalue weighted by molar-refractivity contribution is 0.0962. The second kappa shape index (κ2) is 5.83. The van der Waals surface area contributed by atoms with Gasteiger partial charge in [-0.3, -0.25) is 4.79 Å². The van der Waals surface area contributed by atoms with E-state index in [1.54, 1.807) is 18.2 Å². The highest BCUT2D eigenvalue weighted by Gasteiger charge is 2.14. The van der Waals surface area contributed by atoms with E-state index in [1.165, 1.54) is 24.3 Å². The maximum Gasteiger partial charge on any atom is 0.231 e. The zero-order valence-electron chi connectivity index (χ0n) is 11.2. The van der Waals surface area contributed by atoms with Crippen LogP contribution in [0.15, 0.2) is 42.5 Å². The minimum atomic E-state index is -0.358. The van der Waals surface area contributed by atoms with Crippen LogP contribution in [0.4, 0.5) is 4.39 Å². The molecular weight excluding hydrogens is 275 g/mol. The number of ether oxygens (including phenoxy) is 3. The van der Waals surface area contributed by atoms with Gasteiger partial charge in [0.1, 0.15) is 11.6 Å². The second-order valence-corrected chi connectivity index (χ2v) is 4.54. The normalized spacial score (nSPS) is 12.2. The highest BCUT2D eigenvalue weighted by Crippen LogP contribution is 2.35. The highest BCUT2D eigenvalue weighted by molar-refractivity contribution is 5.96. The van der Waals surface area contributed by atoms with Gasteiger partial charge < -0.3 is 14.2 Å². The first-order valence-electron chi connectivity index (χ1n) is 6.53. The molecule has 0 saturated heterocycles. The Morgan fingerprint density at radius 2 is 1.86 bits per heavy atom. The molecule has 1 aliphatic heterocycles. The van der Waals surface area contributed by atoms with E-state index in [0.717, 1.165) is 0 Å². The first-order valence-corrected chi connectivity index (χ1v) is 6.53. The molecule has 0 atom stereocenters. The molecule has 0 amide bonds. The summed E-state index contributed by atoms with van der Waals surface area (Å²) in [6.45, 7) is 0.456. The lowest BCUT2D eigenvalue weighted by Crippen LogP contribution is -2.06. The Hall–Kier alpha value is -2.56. The maximum absolute atomic E-state index is 12.8. The molecule has 4 nitrogen and oxygen atoms in total. The second-order valence-electron chi connectivity index (χ2n) is 4.54. The molecule has 0 N–H and O–H groups in total. The standard InChI is InChI=1S/C16H13FO4/c17-12-3-1-11(2-4-12)14(18)7-8-19-13-5-6-15-16(9-13)21-10-20-15/h1-6,9H,7-8,10H2. The Bertz CT molecular complexity index is 652. The van der Waals surface area contributed by atoms with Gasteiger partial charge in [0.2, 0.25) is 6.79 Å². The van der Waals surface area contributed by atoms with Crippen LogP contribution in [0.25, 0.3) is 0 Å². The minimum absolute atomic E-state index is 0.0873. The molecule has 0 bridgehead atoms. The lowest BCUT2D eigenvalue weighted by Gasteiger charge is -2.06. The van der Waals surface area contributed by atoms with Gasteiger partial charge in [0, 0.05) is 18.1 Å². The molecule has 0 fully saturated rings. The van der Waals surface area contributed by atoms with Crippen molar-refractivity contribution in [1.29, 1.82) is 0 Å². The number of Topliss-reactive ketones (excluding diaryl/α,β-unsaturated/α-hetero) is 1. The van der Waals surface area contributed by atoms with Crippen LogP contribution >= 0.6 is 0 Å². The van der Waals surface area contributed by atoms with E-state index in [1.807, 2.05) is 0 Å². The van der Waals surface area contributed by atoms with Crippen molar-refractivity contribution in [3.05, 3.63) is 53.8 Å². The van der Waals surface area contributed by atoms with E-state index in [2.05, 4.69) is 0 Å². The van der Waals surface area contributed by atoms with Crippen molar-refractivity contribution < 1.29 is 23.4 Å². The number of fused-ring (bicyclic) bond motifs is 1. The fourth-order valence-electron chi connectivity index (χ4n) is 2.01. The number of benzene rings is 2. The molecule has 21 heavy (non-hydrogen) atoms. The van der Waals surface area contributed by atoms with E-state index >= 15 is 0 Å². The quantitative estimate of drug-likeness (QED) is 0.792. The Labute approximate surface area is 121 Å². The van der Waals surface area contributed by atoms with E-state index in [0.29, 0.717) is 22.8 Å². The number of hydrogen-bond acceptors (Lipinski definition) is 4. The third kappa shape index (κ3) is 3.13. The maximum atomic E-state index is 12.8. The van der Waals surface area contributed by atoms with Gasteiger partial charge in [-0.2, -0.15) is 0 Å². The highest BCUT2D eigenvalue weighted by atomic mass is 19.1. The lowest BCUT2D eigenvalue weighted by atomic mass is 10.1. The topological polar surface area (TPSA) is 44.8 Å². The van der Waals surface area contributed by atoms with Crippen molar-refractivity contribution in [2.24, 2.45) is 0 Å². The third-order valence-corrected chi connectivity index (χ3v) is 3.11. The van der Waals surface area contributed by atoms with Crippen LogP contribution in [0, 0.1) is 5.82 Å². The predicted molar refractivity (Wildman–Crippen MR) is 73.4 cm³/mol. The van der Waals surface area contributed by atoms with Crippen molar-refractivity contribution >= 4 is 5.78 Å². The minimum Gasteiger partial charge on any atom is -0.493 e. The van der Waals surface area contributed by atoms with Crippen LogP contribution in [0.1, 0.15) is 16.8 Å². The van der Waals surface area contributed by atoms with Crippen LogP contribution in [-0.4, -0.2) is 19.2 Å². The first kappa shape index (κ1) is 13.4. The summed E-state index contributed by atoms with van der Waals surface area (Å²) in [6, 6.07) is 10.7. The van der Waals surface area contributed by atoms with Gasteiger partial charge >= 0.3 is 0 Å². The van der Waals surface area contributed by atoms with E-state index in [-0.39, 0.29) is 31.4 Å². The van der Waals surface area contributed by atoms with Gasteiger partial charge in [-0.25, -0.2) is 4.39 Å². The van der Waals surface area contributed by atoms with E-state index in [4.69, 9.17) is 14.2 Å². The molecule has 108 valence electrons. The van der Waals surface area contributed by atoms with Crippen LogP contribution in [0.3, 0.4) is 0 Å². The summed E-state index contributed by atoms with van der Waals surface area (Å²) < 4.78 is 28.7. The molecule has 0 saturated carbocycles. The zero-order chi connectivity index (χ0) is 14.7. The number of hydrogen-bond donors (Lipinski definition) is 0. The van der Waals surface area contributed by atoms with Crippen molar-refractivity contribution in [2.75, 3.05) is 13.4 Å². The van der Waals surface area contributed by atoms with Crippen molar-refractivity contribution in [3.8, 4) is 17.2 Å². The zero-order valence-corrected chi connectivity index (χ0v) is 11.2. The van der Waals surface area contributed by atoms with Gasteiger partial charge in [-0.1, -0.05) is 0 Å². The summed E-state index contributed by atoms with van der Waals surface area (Å²) in [5, 5.41) is 0. The predicted octanol–water partition coefficient (Wildman–Crippen LogP) is 3.21. The first-order chi connectivity index (χ1) is 10.2. The SMILES string of the molecule is O=C(CCOc1ccc2c(c1)OCO2)c1ccc(F)cc1. The Kier molecular flexibility index (Phi) is 3.73. The Morgan fingerprint density at radius 3 is 2.67 bits per heavy atom. The molecule has 0 unspecified atom stereocenters. The van der Waals surface area contributed by atoms with Gasteiger partial charge in [-0.05, 0) is 36.4 Å². The molecule has 1 aliphatic rings. The smallest absolute Gasteiger partial charge is 0.231 e. The van der Waals surface area contributed by atoms with Crippen LogP contribution < -0.4 is 14.2 Å². The Balaban J connectivity index is 1.54.